The maximum atomic E-state index is 12.2. The summed E-state index contributed by atoms with van der Waals surface area (Å²) in [6.07, 6.45) is 3.22. The van der Waals surface area contributed by atoms with Crippen LogP contribution in [0.4, 0.5) is 0 Å². The normalized spacial score (nSPS) is 16.6. The zero-order valence-corrected chi connectivity index (χ0v) is 14.6. The Bertz CT molecular complexity index is 687. The molecule has 1 aromatic rings. The molecule has 116 valence electrons. The Morgan fingerprint density at radius 1 is 1.48 bits per heavy atom. The number of carbonyl (C=O) groups is 1. The summed E-state index contributed by atoms with van der Waals surface area (Å²) < 4.78 is 23.2. The molecule has 0 atom stereocenters. The molecule has 0 saturated heterocycles. The van der Waals surface area contributed by atoms with E-state index >= 15 is 0 Å². The number of primary sulfonamides is 1. The average Bonchev–Trinajstić information content (AvgIpc) is 3.18. The van der Waals surface area contributed by atoms with E-state index in [1.807, 2.05) is 0 Å². The molecule has 0 aliphatic heterocycles. The number of halogens is 2. The number of amides is 1. The van der Waals surface area contributed by atoms with Crippen molar-refractivity contribution >= 4 is 43.5 Å². The van der Waals surface area contributed by atoms with E-state index < -0.39 is 10.0 Å². The topological polar surface area (TPSA) is 89.3 Å². The predicted octanol–water partition coefficient (Wildman–Crippen LogP) is 2.67. The molecule has 21 heavy (non-hydrogen) atoms. The van der Waals surface area contributed by atoms with Gasteiger partial charge in [-0.3, -0.25) is 4.79 Å². The van der Waals surface area contributed by atoms with Crippen LogP contribution in [0, 0.1) is 5.41 Å². The Morgan fingerprint density at radius 2 is 2.10 bits per heavy atom. The number of rotatable bonds is 5. The number of hydrogen-bond acceptors (Lipinski definition) is 3. The van der Waals surface area contributed by atoms with Gasteiger partial charge in [0.05, 0.1) is 14.4 Å². The van der Waals surface area contributed by atoms with E-state index in [4.69, 9.17) is 16.7 Å². The van der Waals surface area contributed by atoms with Crippen LogP contribution in [0.1, 0.15) is 36.5 Å². The molecule has 0 bridgehead atoms. The standard InChI is InChI=1S/C13H16BrClN2O3S/c1-2-13(3-4-13)7-17-12(18)8-5-9(15)11(14)10(6-8)21(16,19)20/h5-6H,2-4,7H2,1H3,(H,17,18)(H2,16,19,20). The van der Waals surface area contributed by atoms with Gasteiger partial charge in [0.25, 0.3) is 5.91 Å². The first-order valence-corrected chi connectivity index (χ1v) is 9.20. The van der Waals surface area contributed by atoms with Crippen molar-refractivity contribution in [1.29, 1.82) is 0 Å². The second-order valence-corrected chi connectivity index (χ2v) is 8.08. The van der Waals surface area contributed by atoms with E-state index in [-0.39, 0.29) is 31.3 Å². The van der Waals surface area contributed by atoms with Gasteiger partial charge in [0.2, 0.25) is 10.0 Å². The molecule has 0 spiro atoms. The summed E-state index contributed by atoms with van der Waals surface area (Å²) in [5.41, 5.74) is 0.386. The largest absolute Gasteiger partial charge is 0.351 e. The molecular formula is C13H16BrClN2O3S. The maximum absolute atomic E-state index is 12.2. The van der Waals surface area contributed by atoms with Gasteiger partial charge in [0, 0.05) is 12.1 Å². The summed E-state index contributed by atoms with van der Waals surface area (Å²) in [5, 5.41) is 8.08. The Balaban J connectivity index is 2.24. The fraction of sp³-hybridized carbons (Fsp3) is 0.462. The molecule has 2 rings (SSSR count). The maximum Gasteiger partial charge on any atom is 0.251 e. The van der Waals surface area contributed by atoms with Crippen molar-refractivity contribution < 1.29 is 13.2 Å². The molecular weight excluding hydrogens is 380 g/mol. The fourth-order valence-electron chi connectivity index (χ4n) is 2.10. The minimum absolute atomic E-state index is 0.128. The molecule has 1 saturated carbocycles. The highest BCUT2D eigenvalue weighted by Gasteiger charge is 2.40. The molecule has 0 unspecified atom stereocenters. The summed E-state index contributed by atoms with van der Waals surface area (Å²) in [6.45, 7) is 2.68. The first kappa shape index (κ1) is 16.7. The van der Waals surface area contributed by atoms with Crippen LogP contribution in [0.15, 0.2) is 21.5 Å². The van der Waals surface area contributed by atoms with Crippen molar-refractivity contribution in [3.05, 3.63) is 27.2 Å². The third-order valence-corrected chi connectivity index (χ3v) is 6.47. The lowest BCUT2D eigenvalue weighted by Crippen LogP contribution is -2.30. The van der Waals surface area contributed by atoms with Gasteiger partial charge in [-0.15, -0.1) is 0 Å². The smallest absolute Gasteiger partial charge is 0.251 e. The minimum atomic E-state index is -3.96. The zero-order valence-electron chi connectivity index (χ0n) is 11.4. The van der Waals surface area contributed by atoms with Crippen LogP contribution in [-0.2, 0) is 10.0 Å². The average molecular weight is 396 g/mol. The summed E-state index contributed by atoms with van der Waals surface area (Å²) in [4.78, 5) is 12.0. The Hall–Kier alpha value is -0.630. The van der Waals surface area contributed by atoms with Crippen molar-refractivity contribution in [3.8, 4) is 0 Å². The van der Waals surface area contributed by atoms with Crippen LogP contribution in [0.2, 0.25) is 5.02 Å². The van der Waals surface area contributed by atoms with Crippen molar-refractivity contribution in [2.45, 2.75) is 31.1 Å². The van der Waals surface area contributed by atoms with Crippen LogP contribution in [0.25, 0.3) is 0 Å². The molecule has 3 N–H and O–H groups in total. The Kier molecular flexibility index (Phi) is 4.68. The highest BCUT2D eigenvalue weighted by molar-refractivity contribution is 9.10. The molecule has 1 aromatic carbocycles. The molecule has 1 aliphatic rings. The summed E-state index contributed by atoms with van der Waals surface area (Å²) >= 11 is 9.02. The SMILES string of the molecule is CCC1(CNC(=O)c2cc(Cl)c(Br)c(S(N)(=O)=O)c2)CC1. The van der Waals surface area contributed by atoms with Crippen molar-refractivity contribution in [3.63, 3.8) is 0 Å². The van der Waals surface area contributed by atoms with Crippen molar-refractivity contribution in [2.24, 2.45) is 10.6 Å². The predicted molar refractivity (Wildman–Crippen MR) is 84.8 cm³/mol. The van der Waals surface area contributed by atoms with Crippen LogP contribution < -0.4 is 10.5 Å². The monoisotopic (exact) mass is 394 g/mol. The zero-order chi connectivity index (χ0) is 15.8. The minimum Gasteiger partial charge on any atom is -0.351 e. The van der Waals surface area contributed by atoms with Gasteiger partial charge in [-0.05, 0) is 52.7 Å². The van der Waals surface area contributed by atoms with Gasteiger partial charge in [-0.25, -0.2) is 13.6 Å². The van der Waals surface area contributed by atoms with Crippen LogP contribution in [0.3, 0.4) is 0 Å². The first-order valence-electron chi connectivity index (χ1n) is 6.48. The van der Waals surface area contributed by atoms with Gasteiger partial charge in [-0.2, -0.15) is 0 Å². The molecule has 5 nitrogen and oxygen atoms in total. The molecule has 8 heteroatoms. The highest BCUT2D eigenvalue weighted by atomic mass is 79.9. The fourth-order valence-corrected chi connectivity index (χ4v) is 3.94. The second-order valence-electron chi connectivity index (χ2n) is 5.35. The van der Waals surface area contributed by atoms with Gasteiger partial charge in [0.1, 0.15) is 0 Å². The summed E-state index contributed by atoms with van der Waals surface area (Å²) in [7, 11) is -3.96. The lowest BCUT2D eigenvalue weighted by Gasteiger charge is -2.14. The van der Waals surface area contributed by atoms with Gasteiger partial charge in [0.15, 0.2) is 0 Å². The number of hydrogen-bond donors (Lipinski definition) is 2. The summed E-state index contributed by atoms with van der Waals surface area (Å²) in [5.74, 6) is -0.353. The summed E-state index contributed by atoms with van der Waals surface area (Å²) in [6, 6.07) is 2.65. The molecule has 1 fully saturated rings. The Labute approximate surface area is 137 Å². The van der Waals surface area contributed by atoms with E-state index in [1.54, 1.807) is 0 Å². The van der Waals surface area contributed by atoms with Gasteiger partial charge >= 0.3 is 0 Å². The quantitative estimate of drug-likeness (QED) is 0.803. The molecule has 1 amide bonds. The second kappa shape index (κ2) is 5.87. The molecule has 0 aromatic heterocycles. The van der Waals surface area contributed by atoms with Gasteiger partial charge < -0.3 is 5.32 Å². The number of carbonyl (C=O) groups excluding carboxylic acids is 1. The van der Waals surface area contributed by atoms with Crippen LogP contribution in [0.5, 0.6) is 0 Å². The van der Waals surface area contributed by atoms with E-state index in [2.05, 4.69) is 28.2 Å². The van der Waals surface area contributed by atoms with Gasteiger partial charge in [-0.1, -0.05) is 18.5 Å². The lowest BCUT2D eigenvalue weighted by atomic mass is 10.0. The van der Waals surface area contributed by atoms with Crippen molar-refractivity contribution in [2.75, 3.05) is 6.54 Å². The molecule has 0 radical (unpaired) electrons. The highest BCUT2D eigenvalue weighted by Crippen LogP contribution is 2.47. The van der Waals surface area contributed by atoms with E-state index in [0.717, 1.165) is 19.3 Å². The van der Waals surface area contributed by atoms with Crippen LogP contribution >= 0.6 is 27.5 Å². The van der Waals surface area contributed by atoms with E-state index in [0.29, 0.717) is 6.54 Å². The van der Waals surface area contributed by atoms with Crippen molar-refractivity contribution in [1.82, 2.24) is 5.32 Å². The van der Waals surface area contributed by atoms with E-state index in [9.17, 15) is 13.2 Å². The molecule has 0 heterocycles. The Morgan fingerprint density at radius 3 is 2.57 bits per heavy atom. The number of sulfonamides is 1. The lowest BCUT2D eigenvalue weighted by molar-refractivity contribution is 0.0944. The first-order chi connectivity index (χ1) is 9.68. The third kappa shape index (κ3) is 3.77. The van der Waals surface area contributed by atoms with E-state index in [1.165, 1.54) is 12.1 Å². The third-order valence-electron chi connectivity index (χ3n) is 3.89. The van der Waals surface area contributed by atoms with Crippen LogP contribution in [-0.4, -0.2) is 20.9 Å². The number of benzene rings is 1. The number of nitrogens with one attached hydrogen (secondary N) is 1. The number of nitrogens with two attached hydrogens (primary N) is 1. The molecule has 1 aliphatic carbocycles.